The van der Waals surface area contributed by atoms with E-state index in [1.807, 2.05) is 30.3 Å². The predicted molar refractivity (Wildman–Crippen MR) is 111 cm³/mol. The highest BCUT2D eigenvalue weighted by Crippen LogP contribution is 2.16. The van der Waals surface area contributed by atoms with Crippen molar-refractivity contribution >= 4 is 16.8 Å². The Labute approximate surface area is 173 Å². The van der Waals surface area contributed by atoms with Crippen molar-refractivity contribution in [1.82, 2.24) is 15.1 Å². The standard InChI is InChI=1S/C22H23N3O5/c1-29-15-8-6-14(7-9-15)12-25-18-5-3-2-4-16(18)21(27)20(24-25)22(28)23-17-10-11-30-13-19(17)26/h2-9,17,19,26H,10-13H2,1H3,(H,23,28)/t17-,19-/m0/s1. The molecule has 0 spiro atoms. The van der Waals surface area contributed by atoms with Crippen LogP contribution in [0.15, 0.2) is 53.3 Å². The first-order valence-corrected chi connectivity index (χ1v) is 9.76. The largest absolute Gasteiger partial charge is 0.497 e. The first-order valence-electron chi connectivity index (χ1n) is 9.76. The molecular weight excluding hydrogens is 386 g/mol. The van der Waals surface area contributed by atoms with Crippen LogP contribution in [0.25, 0.3) is 10.9 Å². The Kier molecular flexibility index (Phi) is 5.78. The molecule has 2 atom stereocenters. The summed E-state index contributed by atoms with van der Waals surface area (Å²) >= 11 is 0. The minimum absolute atomic E-state index is 0.151. The number of carbonyl (C=O) groups is 1. The predicted octanol–water partition coefficient (Wildman–Crippen LogP) is 1.33. The number of rotatable bonds is 5. The van der Waals surface area contributed by atoms with Crippen LogP contribution >= 0.6 is 0 Å². The number of carbonyl (C=O) groups excluding carboxylic acids is 1. The van der Waals surface area contributed by atoms with Gasteiger partial charge in [0.2, 0.25) is 5.43 Å². The van der Waals surface area contributed by atoms with Crippen molar-refractivity contribution in [3.63, 3.8) is 0 Å². The molecule has 1 aliphatic heterocycles. The van der Waals surface area contributed by atoms with Gasteiger partial charge in [0, 0.05) is 12.0 Å². The van der Waals surface area contributed by atoms with Gasteiger partial charge in [-0.3, -0.25) is 14.3 Å². The molecule has 1 saturated heterocycles. The lowest BCUT2D eigenvalue weighted by Gasteiger charge is -2.28. The van der Waals surface area contributed by atoms with Crippen LogP contribution in [0.3, 0.4) is 0 Å². The van der Waals surface area contributed by atoms with Crippen molar-refractivity contribution in [3.05, 3.63) is 70.0 Å². The number of nitrogens with zero attached hydrogens (tertiary/aromatic N) is 2. The zero-order chi connectivity index (χ0) is 21.1. The topological polar surface area (TPSA) is 103 Å². The third kappa shape index (κ3) is 4.05. The van der Waals surface area contributed by atoms with Gasteiger partial charge >= 0.3 is 0 Å². The second-order valence-corrected chi connectivity index (χ2v) is 7.21. The fourth-order valence-corrected chi connectivity index (χ4v) is 3.54. The highest BCUT2D eigenvalue weighted by atomic mass is 16.5. The van der Waals surface area contributed by atoms with E-state index >= 15 is 0 Å². The monoisotopic (exact) mass is 409 g/mol. The van der Waals surface area contributed by atoms with Crippen molar-refractivity contribution in [2.45, 2.75) is 25.1 Å². The molecule has 8 heteroatoms. The fraction of sp³-hybridized carbons (Fsp3) is 0.318. The van der Waals surface area contributed by atoms with Crippen molar-refractivity contribution in [1.29, 1.82) is 0 Å². The van der Waals surface area contributed by atoms with Crippen LogP contribution in [0.5, 0.6) is 5.75 Å². The van der Waals surface area contributed by atoms with E-state index in [9.17, 15) is 14.7 Å². The van der Waals surface area contributed by atoms with E-state index in [4.69, 9.17) is 9.47 Å². The van der Waals surface area contributed by atoms with E-state index in [0.29, 0.717) is 30.5 Å². The number of benzene rings is 2. The van der Waals surface area contributed by atoms with Gasteiger partial charge in [-0.15, -0.1) is 0 Å². The lowest BCUT2D eigenvalue weighted by Crippen LogP contribution is -2.49. The number of aromatic nitrogens is 2. The van der Waals surface area contributed by atoms with Crippen LogP contribution in [0.1, 0.15) is 22.5 Å². The average molecular weight is 409 g/mol. The van der Waals surface area contributed by atoms with Crippen LogP contribution in [-0.4, -0.2) is 53.3 Å². The summed E-state index contributed by atoms with van der Waals surface area (Å²) in [6.45, 7) is 0.970. The van der Waals surface area contributed by atoms with E-state index in [2.05, 4.69) is 10.4 Å². The highest BCUT2D eigenvalue weighted by molar-refractivity contribution is 5.95. The Bertz CT molecular complexity index is 1110. The SMILES string of the molecule is COc1ccc(Cn2nc(C(=O)N[C@H]3CCOC[C@@H]3O)c(=O)c3ccccc32)cc1. The van der Waals surface area contributed by atoms with Crippen molar-refractivity contribution in [2.75, 3.05) is 20.3 Å². The summed E-state index contributed by atoms with van der Waals surface area (Å²) in [5.41, 5.74) is 0.959. The molecule has 156 valence electrons. The minimum atomic E-state index is -0.815. The molecule has 0 aliphatic carbocycles. The normalized spacial score (nSPS) is 18.9. The Morgan fingerprint density at radius 3 is 2.77 bits per heavy atom. The lowest BCUT2D eigenvalue weighted by molar-refractivity contribution is -0.0261. The number of nitrogens with one attached hydrogen (secondary N) is 1. The number of aliphatic hydroxyl groups excluding tert-OH is 1. The minimum Gasteiger partial charge on any atom is -0.497 e. The molecule has 3 aromatic rings. The maximum Gasteiger partial charge on any atom is 0.276 e. The van der Waals surface area contributed by atoms with Gasteiger partial charge < -0.3 is 19.9 Å². The Morgan fingerprint density at radius 2 is 2.03 bits per heavy atom. The molecule has 30 heavy (non-hydrogen) atoms. The van der Waals surface area contributed by atoms with Crippen LogP contribution in [0.2, 0.25) is 0 Å². The van der Waals surface area contributed by atoms with E-state index < -0.39 is 23.5 Å². The quantitative estimate of drug-likeness (QED) is 0.659. The van der Waals surface area contributed by atoms with Crippen LogP contribution in [0, 0.1) is 0 Å². The fourth-order valence-electron chi connectivity index (χ4n) is 3.54. The summed E-state index contributed by atoms with van der Waals surface area (Å²) < 4.78 is 12.0. The van der Waals surface area contributed by atoms with E-state index in [0.717, 1.165) is 11.3 Å². The molecular formula is C22H23N3O5. The average Bonchev–Trinajstić information content (AvgIpc) is 2.77. The number of aliphatic hydroxyl groups is 1. The number of ether oxygens (including phenoxy) is 2. The van der Waals surface area contributed by atoms with Gasteiger partial charge in [-0.25, -0.2) is 0 Å². The van der Waals surface area contributed by atoms with Crippen molar-refractivity contribution < 1.29 is 19.4 Å². The zero-order valence-corrected chi connectivity index (χ0v) is 16.6. The van der Waals surface area contributed by atoms with Gasteiger partial charge in [-0.2, -0.15) is 5.10 Å². The molecule has 2 N–H and O–H groups in total. The molecule has 2 aromatic carbocycles. The summed E-state index contributed by atoms with van der Waals surface area (Å²) in [4.78, 5) is 25.8. The Balaban J connectivity index is 1.70. The number of fused-ring (bicyclic) bond motifs is 1. The van der Waals surface area contributed by atoms with Gasteiger partial charge in [-0.1, -0.05) is 24.3 Å². The molecule has 4 rings (SSSR count). The number of amides is 1. The summed E-state index contributed by atoms with van der Waals surface area (Å²) in [5, 5.41) is 17.6. The molecule has 0 bridgehead atoms. The van der Waals surface area contributed by atoms with E-state index in [-0.39, 0.29) is 12.3 Å². The zero-order valence-electron chi connectivity index (χ0n) is 16.6. The smallest absolute Gasteiger partial charge is 0.276 e. The molecule has 8 nitrogen and oxygen atoms in total. The van der Waals surface area contributed by atoms with Crippen LogP contribution in [-0.2, 0) is 11.3 Å². The van der Waals surface area contributed by atoms with Crippen LogP contribution in [0.4, 0.5) is 0 Å². The van der Waals surface area contributed by atoms with Gasteiger partial charge in [0.1, 0.15) is 5.75 Å². The lowest BCUT2D eigenvalue weighted by atomic mass is 10.1. The molecule has 1 aliphatic rings. The van der Waals surface area contributed by atoms with E-state index in [1.54, 1.807) is 30.0 Å². The Morgan fingerprint density at radius 1 is 1.27 bits per heavy atom. The summed E-state index contributed by atoms with van der Waals surface area (Å²) in [7, 11) is 1.60. The second kappa shape index (κ2) is 8.64. The maximum atomic E-state index is 12.9. The Hall–Kier alpha value is -3.23. The number of hydrogen-bond donors (Lipinski definition) is 2. The van der Waals surface area contributed by atoms with E-state index in [1.165, 1.54) is 0 Å². The van der Waals surface area contributed by atoms with Crippen molar-refractivity contribution in [2.24, 2.45) is 0 Å². The number of hydrogen-bond acceptors (Lipinski definition) is 6. The molecule has 1 amide bonds. The maximum absolute atomic E-state index is 12.9. The molecule has 1 fully saturated rings. The molecule has 2 heterocycles. The molecule has 0 saturated carbocycles. The summed E-state index contributed by atoms with van der Waals surface area (Å²) in [6.07, 6.45) is -0.342. The third-order valence-electron chi connectivity index (χ3n) is 5.21. The van der Waals surface area contributed by atoms with Crippen molar-refractivity contribution in [3.8, 4) is 5.75 Å². The van der Waals surface area contributed by atoms with Crippen LogP contribution < -0.4 is 15.5 Å². The molecule has 1 aromatic heterocycles. The third-order valence-corrected chi connectivity index (χ3v) is 5.21. The van der Waals surface area contributed by atoms with Gasteiger partial charge in [-0.05, 0) is 36.2 Å². The highest BCUT2D eigenvalue weighted by Gasteiger charge is 2.27. The summed E-state index contributed by atoms with van der Waals surface area (Å²) in [5.74, 6) is 0.145. The first kappa shape index (κ1) is 20.1. The second-order valence-electron chi connectivity index (χ2n) is 7.21. The first-order chi connectivity index (χ1) is 14.6. The summed E-state index contributed by atoms with van der Waals surface area (Å²) in [6, 6.07) is 14.1. The molecule has 0 unspecified atom stereocenters. The number of para-hydroxylation sites is 1. The van der Waals surface area contributed by atoms with Gasteiger partial charge in [0.05, 0.1) is 37.9 Å². The number of methoxy groups -OCH3 is 1. The van der Waals surface area contributed by atoms with Gasteiger partial charge in [0.15, 0.2) is 5.69 Å². The molecule has 0 radical (unpaired) electrons. The van der Waals surface area contributed by atoms with Gasteiger partial charge in [0.25, 0.3) is 5.91 Å².